The van der Waals surface area contributed by atoms with Crippen molar-refractivity contribution in [2.45, 2.75) is 19.9 Å². The Labute approximate surface area is 219 Å². The van der Waals surface area contributed by atoms with Crippen molar-refractivity contribution in [1.82, 2.24) is 14.9 Å². The van der Waals surface area contributed by atoms with E-state index in [0.29, 0.717) is 46.3 Å². The highest BCUT2D eigenvalue weighted by molar-refractivity contribution is 6.21. The fourth-order valence-corrected chi connectivity index (χ4v) is 4.07. The van der Waals surface area contributed by atoms with Crippen LogP contribution in [-0.2, 0) is 6.54 Å². The summed E-state index contributed by atoms with van der Waals surface area (Å²) in [5.41, 5.74) is 3.38. The van der Waals surface area contributed by atoms with Crippen LogP contribution in [0, 0.1) is 17.7 Å². The Kier molecular flexibility index (Phi) is 7.09. The molecule has 38 heavy (non-hydrogen) atoms. The molecule has 2 N–H and O–H groups in total. The third kappa shape index (κ3) is 5.22. The summed E-state index contributed by atoms with van der Waals surface area (Å²) in [5.74, 6) is 6.17. The largest absolute Gasteiger partial charge is 0.369 e. The summed E-state index contributed by atoms with van der Waals surface area (Å²) >= 11 is 0. The van der Waals surface area contributed by atoms with Gasteiger partial charge in [-0.3, -0.25) is 14.5 Å². The molecule has 1 aliphatic heterocycles. The molecule has 2 heterocycles. The van der Waals surface area contributed by atoms with Crippen molar-refractivity contribution in [2.24, 2.45) is 0 Å². The number of imide groups is 1. The molecule has 0 saturated carbocycles. The Hall–Kier alpha value is -5.03. The van der Waals surface area contributed by atoms with Crippen LogP contribution in [0.4, 0.5) is 21.8 Å². The molecule has 8 heteroatoms. The van der Waals surface area contributed by atoms with Crippen LogP contribution in [0.15, 0.2) is 79.0 Å². The van der Waals surface area contributed by atoms with Crippen LogP contribution in [0.5, 0.6) is 0 Å². The number of hydrogen-bond acceptors (Lipinski definition) is 6. The molecule has 0 radical (unpaired) electrons. The van der Waals surface area contributed by atoms with Gasteiger partial charge in [0.1, 0.15) is 11.6 Å². The maximum Gasteiger partial charge on any atom is 0.261 e. The van der Waals surface area contributed by atoms with E-state index in [1.165, 1.54) is 17.0 Å². The first kappa shape index (κ1) is 24.7. The van der Waals surface area contributed by atoms with E-state index < -0.39 is 0 Å². The number of hydrogen-bond donors (Lipinski definition) is 2. The number of anilines is 3. The second-order valence-electron chi connectivity index (χ2n) is 8.67. The van der Waals surface area contributed by atoms with Crippen molar-refractivity contribution in [3.63, 3.8) is 0 Å². The highest BCUT2D eigenvalue weighted by atomic mass is 19.1. The zero-order chi connectivity index (χ0) is 26.5. The topological polar surface area (TPSA) is 87.2 Å². The van der Waals surface area contributed by atoms with E-state index in [-0.39, 0.29) is 24.2 Å². The third-order valence-corrected chi connectivity index (χ3v) is 5.97. The molecule has 4 aromatic rings. The van der Waals surface area contributed by atoms with Crippen molar-refractivity contribution in [3.05, 3.63) is 113 Å². The predicted molar refractivity (Wildman–Crippen MR) is 144 cm³/mol. The second-order valence-corrected chi connectivity index (χ2v) is 8.67. The first-order valence-electron chi connectivity index (χ1n) is 12.2. The Morgan fingerprint density at radius 2 is 1.61 bits per heavy atom. The van der Waals surface area contributed by atoms with Crippen LogP contribution in [0.25, 0.3) is 0 Å². The van der Waals surface area contributed by atoms with Crippen LogP contribution in [0.2, 0.25) is 0 Å². The van der Waals surface area contributed by atoms with Gasteiger partial charge in [0.25, 0.3) is 11.8 Å². The molecule has 0 saturated heterocycles. The molecule has 0 aliphatic carbocycles. The van der Waals surface area contributed by atoms with Crippen molar-refractivity contribution >= 4 is 29.3 Å². The monoisotopic (exact) mass is 505 g/mol. The van der Waals surface area contributed by atoms with Gasteiger partial charge in [0.15, 0.2) is 0 Å². The molecule has 2 amide bonds. The lowest BCUT2D eigenvalue weighted by Crippen LogP contribution is -2.29. The smallest absolute Gasteiger partial charge is 0.261 e. The molecule has 0 spiro atoms. The second kappa shape index (κ2) is 10.9. The van der Waals surface area contributed by atoms with Crippen LogP contribution in [0.3, 0.4) is 0 Å². The average Bonchev–Trinajstić information content (AvgIpc) is 3.17. The Bertz CT molecular complexity index is 1560. The standard InChI is InChI=1S/C30H24FN5O2/c1-2-16-32-27-21(18-33-30(35-27)34-24-11-7-10-23(31)17-24)15-14-20-8-3-4-9-22(20)19-36-28(37)25-12-5-6-13-26(25)29(36)38/h3-13,17-18H,2,16,19H2,1H3,(H2,32,33,34,35). The molecule has 3 aromatic carbocycles. The number of aromatic nitrogens is 2. The van der Waals surface area contributed by atoms with Gasteiger partial charge in [0, 0.05) is 17.8 Å². The molecule has 0 bridgehead atoms. The number of carbonyl (C=O) groups excluding carboxylic acids is 2. The summed E-state index contributed by atoms with van der Waals surface area (Å²) < 4.78 is 13.6. The molecule has 188 valence electrons. The van der Waals surface area contributed by atoms with E-state index in [0.717, 1.165) is 12.0 Å². The van der Waals surface area contributed by atoms with Crippen molar-refractivity contribution in [3.8, 4) is 11.8 Å². The number of benzene rings is 3. The Morgan fingerprint density at radius 3 is 2.34 bits per heavy atom. The molecule has 0 unspecified atom stereocenters. The Balaban J connectivity index is 1.41. The summed E-state index contributed by atoms with van der Waals surface area (Å²) in [6.07, 6.45) is 2.49. The maximum absolute atomic E-state index is 13.6. The van der Waals surface area contributed by atoms with E-state index in [2.05, 4.69) is 32.4 Å². The minimum Gasteiger partial charge on any atom is -0.369 e. The lowest BCUT2D eigenvalue weighted by atomic mass is 10.1. The third-order valence-electron chi connectivity index (χ3n) is 5.97. The van der Waals surface area contributed by atoms with Gasteiger partial charge in [0.05, 0.1) is 29.4 Å². The van der Waals surface area contributed by atoms with Crippen LogP contribution in [0.1, 0.15) is 50.8 Å². The van der Waals surface area contributed by atoms with Crippen molar-refractivity contribution < 1.29 is 14.0 Å². The van der Waals surface area contributed by atoms with Gasteiger partial charge in [-0.15, -0.1) is 0 Å². The van der Waals surface area contributed by atoms with E-state index in [1.54, 1.807) is 42.6 Å². The molecular formula is C30H24FN5O2. The summed E-state index contributed by atoms with van der Waals surface area (Å²) in [5, 5.41) is 6.27. The average molecular weight is 506 g/mol. The maximum atomic E-state index is 13.6. The summed E-state index contributed by atoms with van der Waals surface area (Å²) in [6.45, 7) is 2.84. The minimum absolute atomic E-state index is 0.116. The molecule has 0 atom stereocenters. The fourth-order valence-electron chi connectivity index (χ4n) is 4.07. The van der Waals surface area contributed by atoms with Crippen LogP contribution >= 0.6 is 0 Å². The number of amides is 2. The van der Waals surface area contributed by atoms with E-state index >= 15 is 0 Å². The number of carbonyl (C=O) groups is 2. The normalized spacial score (nSPS) is 12.1. The predicted octanol–water partition coefficient (Wildman–Crippen LogP) is 5.38. The zero-order valence-electron chi connectivity index (χ0n) is 20.7. The first-order chi connectivity index (χ1) is 18.5. The molecule has 7 nitrogen and oxygen atoms in total. The highest BCUT2D eigenvalue weighted by Gasteiger charge is 2.35. The zero-order valence-corrected chi connectivity index (χ0v) is 20.7. The number of fused-ring (bicyclic) bond motifs is 1. The van der Waals surface area contributed by atoms with Gasteiger partial charge in [-0.05, 0) is 48.4 Å². The van der Waals surface area contributed by atoms with Gasteiger partial charge in [-0.1, -0.05) is 55.2 Å². The molecular weight excluding hydrogens is 481 g/mol. The van der Waals surface area contributed by atoms with Gasteiger partial charge in [0.2, 0.25) is 5.95 Å². The van der Waals surface area contributed by atoms with Crippen molar-refractivity contribution in [2.75, 3.05) is 17.2 Å². The number of rotatable bonds is 7. The number of nitrogens with one attached hydrogen (secondary N) is 2. The van der Waals surface area contributed by atoms with Crippen molar-refractivity contribution in [1.29, 1.82) is 0 Å². The fraction of sp³-hybridized carbons (Fsp3) is 0.133. The first-order valence-corrected chi connectivity index (χ1v) is 12.2. The number of nitrogens with zero attached hydrogens (tertiary/aromatic N) is 3. The molecule has 1 aliphatic rings. The summed E-state index contributed by atoms with van der Waals surface area (Å²) in [7, 11) is 0. The van der Waals surface area contributed by atoms with E-state index in [1.807, 2.05) is 31.2 Å². The highest BCUT2D eigenvalue weighted by Crippen LogP contribution is 2.25. The lowest BCUT2D eigenvalue weighted by Gasteiger charge is -2.15. The summed E-state index contributed by atoms with van der Waals surface area (Å²) in [4.78, 5) is 35.8. The van der Waals surface area contributed by atoms with Gasteiger partial charge in [-0.2, -0.15) is 4.98 Å². The number of halogens is 1. The van der Waals surface area contributed by atoms with E-state index in [9.17, 15) is 14.0 Å². The van der Waals surface area contributed by atoms with Gasteiger partial charge in [-0.25, -0.2) is 9.37 Å². The summed E-state index contributed by atoms with van der Waals surface area (Å²) in [6, 6.07) is 20.3. The van der Waals surface area contributed by atoms with Gasteiger partial charge < -0.3 is 10.6 Å². The lowest BCUT2D eigenvalue weighted by molar-refractivity contribution is 0.0642. The SMILES string of the molecule is CCCNc1nc(Nc2cccc(F)c2)ncc1C#Cc1ccccc1CN1C(=O)c2ccccc2C1=O. The quantitative estimate of drug-likeness (QED) is 0.259. The molecule has 1 aromatic heterocycles. The molecule has 5 rings (SSSR count). The van der Waals surface area contributed by atoms with Crippen LogP contribution in [-0.4, -0.2) is 33.2 Å². The Morgan fingerprint density at radius 1 is 0.895 bits per heavy atom. The minimum atomic E-state index is -0.360. The van der Waals surface area contributed by atoms with Gasteiger partial charge >= 0.3 is 0 Å². The molecule has 0 fully saturated rings. The van der Waals surface area contributed by atoms with E-state index in [4.69, 9.17) is 0 Å². The van der Waals surface area contributed by atoms with Crippen LogP contribution < -0.4 is 10.6 Å².